The molecule has 0 spiro atoms. The minimum Gasteiger partial charge on any atom is -0.377 e. The summed E-state index contributed by atoms with van der Waals surface area (Å²) in [4.78, 5) is 1.95. The van der Waals surface area contributed by atoms with E-state index >= 15 is 0 Å². The van der Waals surface area contributed by atoms with Crippen molar-refractivity contribution in [3.05, 3.63) is 29.6 Å². The molecule has 3 heteroatoms. The zero-order chi connectivity index (χ0) is 11.1. The first-order valence-corrected chi connectivity index (χ1v) is 5.27. The fourth-order valence-corrected chi connectivity index (χ4v) is 2.12. The number of nitrogens with zero attached hydrogens (tertiary/aromatic N) is 1. The van der Waals surface area contributed by atoms with Gasteiger partial charge in [-0.05, 0) is 25.0 Å². The van der Waals surface area contributed by atoms with E-state index in [2.05, 4.69) is 0 Å². The molecule has 15 heavy (non-hydrogen) atoms. The van der Waals surface area contributed by atoms with Gasteiger partial charge in [-0.2, -0.15) is 0 Å². The Morgan fingerprint density at radius 2 is 2.07 bits per heavy atom. The van der Waals surface area contributed by atoms with Gasteiger partial charge in [0.2, 0.25) is 0 Å². The lowest BCUT2D eigenvalue weighted by Crippen LogP contribution is -2.24. The number of anilines is 1. The monoisotopic (exact) mass is 208 g/mol. The molecule has 1 aromatic rings. The van der Waals surface area contributed by atoms with E-state index in [9.17, 15) is 4.39 Å². The van der Waals surface area contributed by atoms with Crippen molar-refractivity contribution in [2.75, 3.05) is 25.5 Å². The predicted octanol–water partition coefficient (Wildman–Crippen LogP) is 1.88. The van der Waals surface area contributed by atoms with Gasteiger partial charge in [0.05, 0.1) is 0 Å². The molecule has 0 aromatic heterocycles. The van der Waals surface area contributed by atoms with E-state index in [1.165, 1.54) is 6.07 Å². The number of hydrogen-bond donors (Lipinski definition) is 1. The van der Waals surface area contributed by atoms with Crippen LogP contribution in [0.4, 0.5) is 10.1 Å². The molecule has 0 saturated heterocycles. The predicted molar refractivity (Wildman–Crippen MR) is 60.7 cm³/mol. The lowest BCUT2D eigenvalue weighted by atomic mass is 9.93. The van der Waals surface area contributed by atoms with E-state index < -0.39 is 0 Å². The molecule has 1 aromatic carbocycles. The molecule has 2 rings (SSSR count). The van der Waals surface area contributed by atoms with Crippen LogP contribution in [0.25, 0.3) is 0 Å². The maximum atomic E-state index is 13.9. The molecule has 1 aliphatic rings. The largest absolute Gasteiger partial charge is 0.377 e. The van der Waals surface area contributed by atoms with Gasteiger partial charge < -0.3 is 10.6 Å². The van der Waals surface area contributed by atoms with Gasteiger partial charge in [0.1, 0.15) is 5.82 Å². The topological polar surface area (TPSA) is 29.3 Å². The van der Waals surface area contributed by atoms with Gasteiger partial charge in [-0.1, -0.05) is 6.07 Å². The Morgan fingerprint density at radius 1 is 1.40 bits per heavy atom. The van der Waals surface area contributed by atoms with Crippen LogP contribution in [0.3, 0.4) is 0 Å². The highest BCUT2D eigenvalue weighted by molar-refractivity contribution is 5.58. The summed E-state index contributed by atoms with van der Waals surface area (Å²) < 4.78 is 13.9. The SMILES string of the molecule is CN(C)c1cccc(F)c1C1(CN)CC1. The highest BCUT2D eigenvalue weighted by Gasteiger charge is 2.46. The van der Waals surface area contributed by atoms with Crippen molar-refractivity contribution >= 4 is 5.69 Å². The molecule has 1 aliphatic carbocycles. The smallest absolute Gasteiger partial charge is 0.129 e. The zero-order valence-corrected chi connectivity index (χ0v) is 9.26. The van der Waals surface area contributed by atoms with E-state index in [0.29, 0.717) is 6.54 Å². The van der Waals surface area contributed by atoms with Crippen LogP contribution in [0.2, 0.25) is 0 Å². The summed E-state index contributed by atoms with van der Waals surface area (Å²) in [6, 6.07) is 5.23. The van der Waals surface area contributed by atoms with Gasteiger partial charge in [-0.15, -0.1) is 0 Å². The van der Waals surface area contributed by atoms with Gasteiger partial charge in [0, 0.05) is 37.3 Å². The van der Waals surface area contributed by atoms with Crippen LogP contribution in [0, 0.1) is 5.82 Å². The summed E-state index contributed by atoms with van der Waals surface area (Å²) in [6.45, 7) is 0.536. The highest BCUT2D eigenvalue weighted by atomic mass is 19.1. The third kappa shape index (κ3) is 1.61. The molecule has 1 fully saturated rings. The van der Waals surface area contributed by atoms with Gasteiger partial charge in [0.25, 0.3) is 0 Å². The van der Waals surface area contributed by atoms with Gasteiger partial charge in [0.15, 0.2) is 0 Å². The number of benzene rings is 1. The molecule has 2 nitrogen and oxygen atoms in total. The summed E-state index contributed by atoms with van der Waals surface area (Å²) in [7, 11) is 3.87. The van der Waals surface area contributed by atoms with Crippen molar-refractivity contribution in [1.82, 2.24) is 0 Å². The normalized spacial score (nSPS) is 17.6. The molecule has 0 unspecified atom stereocenters. The second-order valence-electron chi connectivity index (χ2n) is 4.51. The van der Waals surface area contributed by atoms with Gasteiger partial charge in [-0.3, -0.25) is 0 Å². The summed E-state index contributed by atoms with van der Waals surface area (Å²) in [6.07, 6.45) is 2.01. The Bertz CT molecular complexity index is 370. The molecular formula is C12H17FN2. The van der Waals surface area contributed by atoms with Crippen molar-refractivity contribution < 1.29 is 4.39 Å². The molecule has 82 valence electrons. The Balaban J connectivity index is 2.53. The van der Waals surface area contributed by atoms with E-state index in [1.807, 2.05) is 25.1 Å². The Kier molecular flexibility index (Phi) is 2.43. The Morgan fingerprint density at radius 3 is 2.53 bits per heavy atom. The van der Waals surface area contributed by atoms with Crippen molar-refractivity contribution in [2.24, 2.45) is 5.73 Å². The Labute approximate surface area is 89.9 Å². The first kappa shape index (κ1) is 10.4. The van der Waals surface area contributed by atoms with Crippen LogP contribution in [-0.4, -0.2) is 20.6 Å². The number of hydrogen-bond acceptors (Lipinski definition) is 2. The molecule has 0 heterocycles. The summed E-state index contributed by atoms with van der Waals surface area (Å²) in [5.41, 5.74) is 7.42. The molecule has 0 bridgehead atoms. The first-order valence-electron chi connectivity index (χ1n) is 5.27. The van der Waals surface area contributed by atoms with E-state index in [1.54, 1.807) is 6.07 Å². The van der Waals surface area contributed by atoms with E-state index in [0.717, 1.165) is 24.1 Å². The van der Waals surface area contributed by atoms with Crippen LogP contribution in [0.5, 0.6) is 0 Å². The standard InChI is InChI=1S/C12H17FN2/c1-15(2)10-5-3-4-9(13)11(10)12(8-14)6-7-12/h3-5H,6-8,14H2,1-2H3. The summed E-state index contributed by atoms with van der Waals surface area (Å²) >= 11 is 0. The molecule has 2 N–H and O–H groups in total. The summed E-state index contributed by atoms with van der Waals surface area (Å²) in [5, 5.41) is 0. The van der Waals surface area contributed by atoms with E-state index in [-0.39, 0.29) is 11.2 Å². The summed E-state index contributed by atoms with van der Waals surface area (Å²) in [5.74, 6) is -0.121. The van der Waals surface area contributed by atoms with Crippen LogP contribution in [0.15, 0.2) is 18.2 Å². The maximum Gasteiger partial charge on any atom is 0.129 e. The quantitative estimate of drug-likeness (QED) is 0.821. The molecule has 0 atom stereocenters. The van der Waals surface area contributed by atoms with Crippen LogP contribution in [-0.2, 0) is 5.41 Å². The average molecular weight is 208 g/mol. The fourth-order valence-electron chi connectivity index (χ4n) is 2.12. The Hall–Kier alpha value is -1.09. The van der Waals surface area contributed by atoms with Crippen molar-refractivity contribution in [2.45, 2.75) is 18.3 Å². The van der Waals surface area contributed by atoms with E-state index in [4.69, 9.17) is 5.73 Å². The van der Waals surface area contributed by atoms with Gasteiger partial charge in [-0.25, -0.2) is 4.39 Å². The number of halogens is 1. The average Bonchev–Trinajstić information content (AvgIpc) is 2.98. The second kappa shape index (κ2) is 3.49. The minimum atomic E-state index is -0.121. The third-order valence-electron chi connectivity index (χ3n) is 3.25. The first-order chi connectivity index (χ1) is 7.10. The number of nitrogens with two attached hydrogens (primary N) is 1. The highest BCUT2D eigenvalue weighted by Crippen LogP contribution is 2.51. The maximum absolute atomic E-state index is 13.9. The molecule has 0 amide bonds. The molecule has 1 saturated carbocycles. The van der Waals surface area contributed by atoms with Crippen LogP contribution < -0.4 is 10.6 Å². The second-order valence-corrected chi connectivity index (χ2v) is 4.51. The van der Waals surface area contributed by atoms with Crippen molar-refractivity contribution in [3.8, 4) is 0 Å². The lowest BCUT2D eigenvalue weighted by molar-refractivity contribution is 0.573. The molecule has 0 radical (unpaired) electrons. The van der Waals surface area contributed by atoms with Crippen LogP contribution in [0.1, 0.15) is 18.4 Å². The molecule has 0 aliphatic heterocycles. The van der Waals surface area contributed by atoms with Crippen molar-refractivity contribution in [1.29, 1.82) is 0 Å². The zero-order valence-electron chi connectivity index (χ0n) is 9.26. The van der Waals surface area contributed by atoms with Gasteiger partial charge >= 0.3 is 0 Å². The number of rotatable bonds is 3. The fraction of sp³-hybridized carbons (Fsp3) is 0.500. The van der Waals surface area contributed by atoms with Crippen molar-refractivity contribution in [3.63, 3.8) is 0 Å². The van der Waals surface area contributed by atoms with Crippen LogP contribution >= 0.6 is 0 Å². The lowest BCUT2D eigenvalue weighted by Gasteiger charge is -2.23. The minimum absolute atomic E-state index is 0.0923. The third-order valence-corrected chi connectivity index (χ3v) is 3.25. The molecular weight excluding hydrogens is 191 g/mol.